The van der Waals surface area contributed by atoms with Crippen LogP contribution in [0.3, 0.4) is 0 Å². The van der Waals surface area contributed by atoms with Gasteiger partial charge in [-0.05, 0) is 30.3 Å². The minimum atomic E-state index is -3.98. The normalized spacial score (nSPS) is 11.0. The van der Waals surface area contributed by atoms with Crippen molar-refractivity contribution in [1.82, 2.24) is 0 Å². The second-order valence-electron chi connectivity index (χ2n) is 6.02. The predicted molar refractivity (Wildman–Crippen MR) is 118 cm³/mol. The molecule has 7 heteroatoms. The summed E-state index contributed by atoms with van der Waals surface area (Å²) in [6, 6.07) is 16.3. The molecule has 0 atom stereocenters. The first-order chi connectivity index (χ1) is 13.9. The molecular formula is C22H19NO4S2. The van der Waals surface area contributed by atoms with E-state index in [9.17, 15) is 18.6 Å². The Morgan fingerprint density at radius 3 is 2.21 bits per heavy atom. The summed E-state index contributed by atoms with van der Waals surface area (Å²) < 4.78 is 28.2. The molecule has 0 spiro atoms. The van der Waals surface area contributed by atoms with Gasteiger partial charge in [0.25, 0.3) is 10.0 Å². The Kier molecular flexibility index (Phi) is 6.00. The lowest BCUT2D eigenvalue weighted by atomic mass is 10.0. The number of hydrogen-bond acceptors (Lipinski definition) is 5. The van der Waals surface area contributed by atoms with Crippen LogP contribution in [0.5, 0.6) is 11.5 Å². The van der Waals surface area contributed by atoms with E-state index in [1.165, 1.54) is 42.1 Å². The smallest absolute Gasteiger partial charge is 0.262 e. The summed E-state index contributed by atoms with van der Waals surface area (Å²) in [5.41, 5.74) is 1.02. The molecule has 3 rings (SSSR count). The van der Waals surface area contributed by atoms with Crippen LogP contribution in [-0.4, -0.2) is 18.6 Å². The highest BCUT2D eigenvalue weighted by Crippen LogP contribution is 2.42. The van der Waals surface area contributed by atoms with Crippen LogP contribution in [0.1, 0.15) is 11.1 Å². The summed E-state index contributed by atoms with van der Waals surface area (Å²) >= 11 is 1.29. The highest BCUT2D eigenvalue weighted by Gasteiger charge is 2.20. The average molecular weight is 426 g/mol. The maximum Gasteiger partial charge on any atom is 0.262 e. The summed E-state index contributed by atoms with van der Waals surface area (Å²) in [5, 5.41) is 20.3. The van der Waals surface area contributed by atoms with Crippen LogP contribution in [0.2, 0.25) is 0 Å². The molecule has 0 unspecified atom stereocenters. The first-order valence-corrected chi connectivity index (χ1v) is 10.8. The van der Waals surface area contributed by atoms with Crippen molar-refractivity contribution in [2.75, 3.05) is 4.72 Å². The Bertz CT molecular complexity index is 1170. The van der Waals surface area contributed by atoms with Gasteiger partial charge in [0, 0.05) is 22.1 Å². The van der Waals surface area contributed by atoms with Crippen LogP contribution in [-0.2, 0) is 10.0 Å². The number of sulfonamides is 1. The topological polar surface area (TPSA) is 86.6 Å². The average Bonchev–Trinajstić information content (AvgIpc) is 2.70. The van der Waals surface area contributed by atoms with Crippen molar-refractivity contribution in [2.45, 2.75) is 14.7 Å². The Balaban J connectivity index is 2.10. The van der Waals surface area contributed by atoms with Gasteiger partial charge in [0.2, 0.25) is 0 Å². The van der Waals surface area contributed by atoms with E-state index in [2.05, 4.69) is 17.9 Å². The van der Waals surface area contributed by atoms with E-state index in [0.29, 0.717) is 16.0 Å². The lowest BCUT2D eigenvalue weighted by molar-refractivity contribution is 0.461. The molecule has 0 aliphatic rings. The molecule has 3 aromatic carbocycles. The fourth-order valence-corrected chi connectivity index (χ4v) is 4.78. The highest BCUT2D eigenvalue weighted by atomic mass is 32.2. The highest BCUT2D eigenvalue weighted by molar-refractivity contribution is 7.99. The van der Waals surface area contributed by atoms with Gasteiger partial charge in [-0.25, -0.2) is 8.42 Å². The zero-order valence-electron chi connectivity index (χ0n) is 15.4. The summed E-state index contributed by atoms with van der Waals surface area (Å²) in [7, 11) is -3.98. The van der Waals surface area contributed by atoms with Gasteiger partial charge in [-0.1, -0.05) is 61.3 Å². The molecule has 148 valence electrons. The zero-order chi connectivity index (χ0) is 21.0. The van der Waals surface area contributed by atoms with E-state index in [4.69, 9.17) is 0 Å². The van der Waals surface area contributed by atoms with Crippen LogP contribution in [0.25, 0.3) is 12.2 Å². The lowest BCUT2D eigenvalue weighted by Crippen LogP contribution is -2.14. The maximum absolute atomic E-state index is 12.8. The molecule has 5 nitrogen and oxygen atoms in total. The van der Waals surface area contributed by atoms with Gasteiger partial charge in [0.05, 0.1) is 15.5 Å². The van der Waals surface area contributed by atoms with Crippen LogP contribution < -0.4 is 4.72 Å². The number of phenolic OH excluding ortho intramolecular Hbond substituents is 2. The molecule has 0 fully saturated rings. The Morgan fingerprint density at radius 2 is 1.59 bits per heavy atom. The molecule has 0 aromatic heterocycles. The van der Waals surface area contributed by atoms with Crippen molar-refractivity contribution in [3.05, 3.63) is 84.9 Å². The molecule has 0 radical (unpaired) electrons. The Hall–Kier alpha value is -3.16. The van der Waals surface area contributed by atoms with Crippen LogP contribution in [0.4, 0.5) is 5.69 Å². The van der Waals surface area contributed by atoms with Crippen LogP contribution >= 0.6 is 11.8 Å². The van der Waals surface area contributed by atoms with Gasteiger partial charge < -0.3 is 10.2 Å². The Labute approximate surface area is 174 Å². The minimum absolute atomic E-state index is 0.0101. The molecule has 0 saturated heterocycles. The van der Waals surface area contributed by atoms with Crippen LogP contribution in [0, 0.1) is 0 Å². The van der Waals surface area contributed by atoms with Gasteiger partial charge in [0.15, 0.2) is 0 Å². The van der Waals surface area contributed by atoms with E-state index >= 15 is 0 Å². The number of phenols is 2. The number of benzene rings is 3. The summed E-state index contributed by atoms with van der Waals surface area (Å²) in [6.45, 7) is 7.46. The van der Waals surface area contributed by atoms with Gasteiger partial charge in [0.1, 0.15) is 11.5 Å². The van der Waals surface area contributed by atoms with Gasteiger partial charge >= 0.3 is 0 Å². The molecule has 0 aliphatic heterocycles. The zero-order valence-corrected chi connectivity index (χ0v) is 17.0. The summed E-state index contributed by atoms with van der Waals surface area (Å²) in [6.07, 6.45) is 2.90. The molecule has 0 saturated carbocycles. The quantitative estimate of drug-likeness (QED) is 0.445. The summed E-state index contributed by atoms with van der Waals surface area (Å²) in [5.74, 6) is -0.168. The van der Waals surface area contributed by atoms with Crippen molar-refractivity contribution in [3.8, 4) is 11.5 Å². The van der Waals surface area contributed by atoms with E-state index in [1.54, 1.807) is 6.07 Å². The first-order valence-electron chi connectivity index (χ1n) is 8.55. The van der Waals surface area contributed by atoms with Gasteiger partial charge in [-0.3, -0.25) is 4.72 Å². The maximum atomic E-state index is 12.8. The molecule has 0 amide bonds. The standard InChI is InChI=1S/C22H19NO4S2/c1-3-18-19(4-2)22(25)21(28-16-10-6-5-7-11-16)14-20(18)23-29(26,27)17-12-8-9-15(24)13-17/h3-14,23-25H,1-2H2. The van der Waals surface area contributed by atoms with E-state index in [1.807, 2.05) is 30.3 Å². The fourth-order valence-electron chi connectivity index (χ4n) is 2.74. The van der Waals surface area contributed by atoms with Gasteiger partial charge in [-0.2, -0.15) is 0 Å². The first kappa shape index (κ1) is 20.6. The van der Waals surface area contributed by atoms with E-state index < -0.39 is 10.0 Å². The number of hydrogen-bond donors (Lipinski definition) is 3. The van der Waals surface area contributed by atoms with Crippen molar-refractivity contribution < 1.29 is 18.6 Å². The lowest BCUT2D eigenvalue weighted by Gasteiger charge is -2.17. The Morgan fingerprint density at radius 1 is 0.897 bits per heavy atom. The van der Waals surface area contributed by atoms with Crippen LogP contribution in [0.15, 0.2) is 88.5 Å². The second kappa shape index (κ2) is 8.46. The molecule has 0 heterocycles. The number of nitrogens with one attached hydrogen (secondary N) is 1. The van der Waals surface area contributed by atoms with Gasteiger partial charge in [-0.15, -0.1) is 0 Å². The van der Waals surface area contributed by atoms with Crippen molar-refractivity contribution in [1.29, 1.82) is 0 Å². The molecular weight excluding hydrogens is 406 g/mol. The number of aromatic hydroxyl groups is 2. The summed E-state index contributed by atoms with van der Waals surface area (Å²) in [4.78, 5) is 1.26. The number of anilines is 1. The van der Waals surface area contributed by atoms with Crippen molar-refractivity contribution >= 4 is 39.6 Å². The largest absolute Gasteiger partial charge is 0.508 e. The number of rotatable bonds is 7. The third-order valence-corrected chi connectivity index (χ3v) is 6.50. The fraction of sp³-hybridized carbons (Fsp3) is 0. The minimum Gasteiger partial charge on any atom is -0.508 e. The molecule has 3 aromatic rings. The molecule has 0 bridgehead atoms. The SMILES string of the molecule is C=Cc1c(NS(=O)(=O)c2cccc(O)c2)cc(Sc2ccccc2)c(O)c1C=C. The van der Waals surface area contributed by atoms with E-state index in [0.717, 1.165) is 11.0 Å². The van der Waals surface area contributed by atoms with Crippen molar-refractivity contribution in [3.63, 3.8) is 0 Å². The third kappa shape index (κ3) is 4.47. The predicted octanol–water partition coefficient (Wildman–Crippen LogP) is 5.34. The second-order valence-corrected chi connectivity index (χ2v) is 8.82. The third-order valence-electron chi connectivity index (χ3n) is 4.10. The van der Waals surface area contributed by atoms with E-state index in [-0.39, 0.29) is 22.1 Å². The molecule has 0 aliphatic carbocycles. The van der Waals surface area contributed by atoms with Crippen molar-refractivity contribution in [2.24, 2.45) is 0 Å². The molecule has 29 heavy (non-hydrogen) atoms. The monoisotopic (exact) mass is 425 g/mol. The molecule has 3 N–H and O–H groups in total.